The Labute approximate surface area is 183 Å². The first-order valence-corrected chi connectivity index (χ1v) is 11.8. The fraction of sp³-hybridized carbons (Fsp3) is 0.409. The van der Waals surface area contributed by atoms with Crippen molar-refractivity contribution >= 4 is 21.6 Å². The third-order valence-electron chi connectivity index (χ3n) is 5.16. The van der Waals surface area contributed by atoms with Crippen molar-refractivity contribution in [3.8, 4) is 0 Å². The standard InChI is InChI=1S/C22H29FN4O3S/c1-16(2)25-31(29,30)18-8-9-20(23)19(14-18)22(28)24-15-17-6-4-5-7-21(17)27-12-10-26(3)11-13-27/h4-9,14,16,25H,10-13,15H2,1-3H3,(H,24,28). The van der Waals surface area contributed by atoms with E-state index >= 15 is 0 Å². The summed E-state index contributed by atoms with van der Waals surface area (Å²) < 4.78 is 41.5. The molecule has 2 aromatic carbocycles. The van der Waals surface area contributed by atoms with Crippen LogP contribution >= 0.6 is 0 Å². The molecule has 1 amide bonds. The first-order chi connectivity index (χ1) is 14.7. The van der Waals surface area contributed by atoms with Gasteiger partial charge in [-0.2, -0.15) is 0 Å². The van der Waals surface area contributed by atoms with Gasteiger partial charge in [0.25, 0.3) is 5.91 Å². The molecule has 0 radical (unpaired) electrons. The van der Waals surface area contributed by atoms with E-state index in [4.69, 9.17) is 0 Å². The van der Waals surface area contributed by atoms with Gasteiger partial charge in [-0.15, -0.1) is 0 Å². The average Bonchev–Trinajstić information content (AvgIpc) is 2.72. The van der Waals surface area contributed by atoms with Crippen molar-refractivity contribution in [2.24, 2.45) is 0 Å². The highest BCUT2D eigenvalue weighted by Crippen LogP contribution is 2.22. The maximum absolute atomic E-state index is 14.3. The Morgan fingerprint density at radius 3 is 2.45 bits per heavy atom. The number of nitrogens with one attached hydrogen (secondary N) is 2. The van der Waals surface area contributed by atoms with E-state index in [9.17, 15) is 17.6 Å². The van der Waals surface area contributed by atoms with E-state index in [1.165, 1.54) is 0 Å². The quantitative estimate of drug-likeness (QED) is 0.679. The first kappa shape index (κ1) is 23.2. The van der Waals surface area contributed by atoms with E-state index < -0.39 is 21.7 Å². The summed E-state index contributed by atoms with van der Waals surface area (Å²) in [5, 5.41) is 2.73. The van der Waals surface area contributed by atoms with Gasteiger partial charge in [0.1, 0.15) is 5.82 Å². The van der Waals surface area contributed by atoms with Crippen LogP contribution in [0.25, 0.3) is 0 Å². The second-order valence-electron chi connectivity index (χ2n) is 8.02. The Kier molecular flexibility index (Phi) is 7.30. The summed E-state index contributed by atoms with van der Waals surface area (Å²) in [5.74, 6) is -1.43. The molecule has 1 fully saturated rings. The predicted molar refractivity (Wildman–Crippen MR) is 119 cm³/mol. The predicted octanol–water partition coefficient (Wildman–Crippen LogP) is 2.19. The van der Waals surface area contributed by atoms with Crippen LogP contribution in [-0.4, -0.2) is 58.5 Å². The minimum absolute atomic E-state index is 0.148. The molecule has 1 aliphatic rings. The summed E-state index contributed by atoms with van der Waals surface area (Å²) in [6.07, 6.45) is 0. The number of carbonyl (C=O) groups is 1. The molecule has 9 heteroatoms. The van der Waals surface area contributed by atoms with Crippen LogP contribution in [0.1, 0.15) is 29.8 Å². The van der Waals surface area contributed by atoms with Crippen LogP contribution in [0.3, 0.4) is 0 Å². The zero-order valence-electron chi connectivity index (χ0n) is 18.1. The van der Waals surface area contributed by atoms with Gasteiger partial charge in [0.15, 0.2) is 0 Å². The van der Waals surface area contributed by atoms with Gasteiger partial charge in [0, 0.05) is 44.5 Å². The number of benzene rings is 2. The van der Waals surface area contributed by atoms with Crippen molar-refractivity contribution in [2.75, 3.05) is 38.1 Å². The van der Waals surface area contributed by atoms with Gasteiger partial charge >= 0.3 is 0 Å². The molecule has 168 valence electrons. The van der Waals surface area contributed by atoms with Crippen LogP contribution in [0.4, 0.5) is 10.1 Å². The number of amides is 1. The molecule has 0 aromatic heterocycles. The zero-order valence-corrected chi connectivity index (χ0v) is 18.9. The van der Waals surface area contributed by atoms with E-state index in [0.717, 1.165) is 55.6 Å². The number of anilines is 1. The fourth-order valence-electron chi connectivity index (χ4n) is 3.51. The molecule has 0 aliphatic carbocycles. The summed E-state index contributed by atoms with van der Waals surface area (Å²) >= 11 is 0. The van der Waals surface area contributed by atoms with Gasteiger partial charge in [-0.1, -0.05) is 18.2 Å². The molecule has 0 unspecified atom stereocenters. The lowest BCUT2D eigenvalue weighted by Crippen LogP contribution is -2.45. The average molecular weight is 449 g/mol. The summed E-state index contributed by atoms with van der Waals surface area (Å²) in [4.78, 5) is 17.1. The third-order valence-corrected chi connectivity index (χ3v) is 6.81. The highest BCUT2D eigenvalue weighted by molar-refractivity contribution is 7.89. The molecule has 2 N–H and O–H groups in total. The van der Waals surface area contributed by atoms with Crippen molar-refractivity contribution in [3.05, 3.63) is 59.4 Å². The number of halogens is 1. The van der Waals surface area contributed by atoms with Crippen molar-refractivity contribution in [1.29, 1.82) is 0 Å². The number of likely N-dealkylation sites (N-methyl/N-ethyl adjacent to an activating group) is 1. The Morgan fingerprint density at radius 2 is 1.77 bits per heavy atom. The molecule has 0 bridgehead atoms. The van der Waals surface area contributed by atoms with Crippen molar-refractivity contribution in [3.63, 3.8) is 0 Å². The highest BCUT2D eigenvalue weighted by atomic mass is 32.2. The van der Waals surface area contributed by atoms with Gasteiger partial charge in [-0.25, -0.2) is 17.5 Å². The summed E-state index contributed by atoms with van der Waals surface area (Å²) in [7, 11) is -1.75. The molecule has 1 aliphatic heterocycles. The van der Waals surface area contributed by atoms with Gasteiger partial charge in [0.2, 0.25) is 10.0 Å². The second-order valence-corrected chi connectivity index (χ2v) is 9.73. The SMILES string of the molecule is CC(C)NS(=O)(=O)c1ccc(F)c(C(=O)NCc2ccccc2N2CCN(C)CC2)c1. The van der Waals surface area contributed by atoms with Crippen molar-refractivity contribution < 1.29 is 17.6 Å². The number of sulfonamides is 1. The van der Waals surface area contributed by atoms with E-state index in [1.54, 1.807) is 13.8 Å². The van der Waals surface area contributed by atoms with E-state index in [0.29, 0.717) is 0 Å². The van der Waals surface area contributed by atoms with Crippen LogP contribution in [0.5, 0.6) is 0 Å². The molecular formula is C22H29FN4O3S. The van der Waals surface area contributed by atoms with Crippen LogP contribution in [0, 0.1) is 5.82 Å². The fourth-order valence-corrected chi connectivity index (χ4v) is 4.79. The van der Waals surface area contributed by atoms with Gasteiger partial charge in [-0.05, 0) is 50.7 Å². The van der Waals surface area contributed by atoms with E-state index in [2.05, 4.69) is 26.9 Å². The molecule has 0 spiro atoms. The van der Waals surface area contributed by atoms with E-state index in [-0.39, 0.29) is 23.0 Å². The molecule has 2 aromatic rings. The Balaban J connectivity index is 1.76. The summed E-state index contributed by atoms with van der Waals surface area (Å²) in [6.45, 7) is 7.27. The minimum atomic E-state index is -3.83. The summed E-state index contributed by atoms with van der Waals surface area (Å²) in [6, 6.07) is 10.7. The van der Waals surface area contributed by atoms with Crippen molar-refractivity contribution in [1.82, 2.24) is 14.9 Å². The Morgan fingerprint density at radius 1 is 1.10 bits per heavy atom. The number of piperazine rings is 1. The van der Waals surface area contributed by atoms with Gasteiger partial charge in [-0.3, -0.25) is 4.79 Å². The highest BCUT2D eigenvalue weighted by Gasteiger charge is 2.21. The zero-order chi connectivity index (χ0) is 22.6. The number of carbonyl (C=O) groups excluding carboxylic acids is 1. The van der Waals surface area contributed by atoms with Crippen LogP contribution in [0.15, 0.2) is 47.4 Å². The molecule has 3 rings (SSSR count). The van der Waals surface area contributed by atoms with Crippen molar-refractivity contribution in [2.45, 2.75) is 31.3 Å². The number of hydrogen-bond donors (Lipinski definition) is 2. The van der Waals surface area contributed by atoms with Crippen LogP contribution in [-0.2, 0) is 16.6 Å². The Bertz CT molecular complexity index is 1030. The number of nitrogens with zero attached hydrogens (tertiary/aromatic N) is 2. The molecule has 1 saturated heterocycles. The number of rotatable bonds is 7. The lowest BCUT2D eigenvalue weighted by Gasteiger charge is -2.35. The lowest BCUT2D eigenvalue weighted by molar-refractivity contribution is 0.0946. The smallest absolute Gasteiger partial charge is 0.254 e. The maximum atomic E-state index is 14.3. The molecular weight excluding hydrogens is 419 g/mol. The molecule has 31 heavy (non-hydrogen) atoms. The topological polar surface area (TPSA) is 81.7 Å². The normalized spacial score (nSPS) is 15.3. The molecule has 0 saturated carbocycles. The molecule has 0 atom stereocenters. The number of hydrogen-bond acceptors (Lipinski definition) is 5. The maximum Gasteiger partial charge on any atom is 0.254 e. The summed E-state index contributed by atoms with van der Waals surface area (Å²) in [5.41, 5.74) is 1.66. The van der Waals surface area contributed by atoms with Crippen LogP contribution in [0.2, 0.25) is 0 Å². The minimum Gasteiger partial charge on any atom is -0.369 e. The molecule has 1 heterocycles. The lowest BCUT2D eigenvalue weighted by atomic mass is 10.1. The number of para-hydroxylation sites is 1. The Hall–Kier alpha value is -2.49. The second kappa shape index (κ2) is 9.76. The largest absolute Gasteiger partial charge is 0.369 e. The van der Waals surface area contributed by atoms with Crippen LogP contribution < -0.4 is 14.9 Å². The van der Waals surface area contributed by atoms with Gasteiger partial charge in [0.05, 0.1) is 10.5 Å². The first-order valence-electron chi connectivity index (χ1n) is 10.3. The van der Waals surface area contributed by atoms with Gasteiger partial charge < -0.3 is 15.1 Å². The van der Waals surface area contributed by atoms with E-state index in [1.807, 2.05) is 24.3 Å². The molecule has 7 nitrogen and oxygen atoms in total. The third kappa shape index (κ3) is 5.81. The monoisotopic (exact) mass is 448 g/mol.